The second-order valence-corrected chi connectivity index (χ2v) is 4.50. The van der Waals surface area contributed by atoms with Crippen molar-refractivity contribution < 1.29 is 9.84 Å². The Kier molecular flexibility index (Phi) is 6.52. The summed E-state index contributed by atoms with van der Waals surface area (Å²) in [6.45, 7) is 7.21. The number of methoxy groups -OCH3 is 1. The first-order valence-corrected chi connectivity index (χ1v) is 6.57. The first-order valence-electron chi connectivity index (χ1n) is 6.57. The van der Waals surface area contributed by atoms with Crippen LogP contribution in [0.25, 0.3) is 0 Å². The van der Waals surface area contributed by atoms with Crippen LogP contribution in [-0.4, -0.2) is 48.0 Å². The number of anilines is 2. The Balaban J connectivity index is 2.90. The molecule has 1 unspecified atom stereocenters. The van der Waals surface area contributed by atoms with E-state index in [-0.39, 0.29) is 12.6 Å². The number of rotatable bonds is 8. The molecule has 1 rings (SSSR count). The smallest absolute Gasteiger partial charge is 0.135 e. The van der Waals surface area contributed by atoms with Gasteiger partial charge in [0.05, 0.1) is 19.3 Å². The van der Waals surface area contributed by atoms with Crippen molar-refractivity contribution in [2.45, 2.75) is 33.2 Å². The van der Waals surface area contributed by atoms with Crippen LogP contribution in [-0.2, 0) is 4.74 Å². The molecule has 0 bridgehead atoms. The Hall–Kier alpha value is -1.40. The Morgan fingerprint density at radius 2 is 1.95 bits per heavy atom. The molecule has 0 saturated carbocycles. The lowest BCUT2D eigenvalue weighted by molar-refractivity contribution is 0.153. The summed E-state index contributed by atoms with van der Waals surface area (Å²) in [5, 5.41) is 15.8. The molecule has 0 radical (unpaired) electrons. The van der Waals surface area contributed by atoms with Gasteiger partial charge in [0.15, 0.2) is 0 Å². The monoisotopic (exact) mass is 268 g/mol. The number of nitrogens with zero attached hydrogens (tertiary/aromatic N) is 2. The number of aliphatic hydroxyl groups excluding tert-OH is 1. The Labute approximate surface area is 114 Å². The van der Waals surface area contributed by atoms with Gasteiger partial charge in [-0.1, -0.05) is 6.92 Å². The van der Waals surface area contributed by atoms with Crippen LogP contribution in [0.3, 0.4) is 0 Å². The highest BCUT2D eigenvalue weighted by molar-refractivity contribution is 5.57. The van der Waals surface area contributed by atoms with Gasteiger partial charge in [0.2, 0.25) is 0 Å². The zero-order valence-electron chi connectivity index (χ0n) is 12.2. The van der Waals surface area contributed by atoms with Crippen LogP contribution >= 0.6 is 0 Å². The van der Waals surface area contributed by atoms with Gasteiger partial charge in [0.1, 0.15) is 17.5 Å². The molecule has 0 fully saturated rings. The molecular formula is C13H24N4O2. The summed E-state index contributed by atoms with van der Waals surface area (Å²) in [6, 6.07) is -0.169. The molecule has 0 spiro atoms. The third-order valence-electron chi connectivity index (χ3n) is 2.73. The summed E-state index contributed by atoms with van der Waals surface area (Å²) < 4.78 is 5.05. The van der Waals surface area contributed by atoms with Gasteiger partial charge in [0, 0.05) is 19.2 Å². The normalized spacial score (nSPS) is 12.3. The van der Waals surface area contributed by atoms with E-state index in [2.05, 4.69) is 27.5 Å². The standard InChI is InChI=1S/C13H24N4O2/c1-5-6-14-12-9(2)13(16-10(3)15-12)17-11(7-18)8-19-4/h11,18H,5-8H2,1-4H3,(H2,14,15,16,17). The maximum atomic E-state index is 9.29. The minimum Gasteiger partial charge on any atom is -0.394 e. The van der Waals surface area contributed by atoms with Crippen molar-refractivity contribution in [3.8, 4) is 0 Å². The van der Waals surface area contributed by atoms with E-state index in [9.17, 15) is 5.11 Å². The van der Waals surface area contributed by atoms with Crippen LogP contribution in [0.1, 0.15) is 24.7 Å². The summed E-state index contributed by atoms with van der Waals surface area (Å²) in [7, 11) is 1.61. The summed E-state index contributed by atoms with van der Waals surface area (Å²) in [5.74, 6) is 2.27. The Bertz CT molecular complexity index is 398. The minimum atomic E-state index is -0.169. The number of aryl methyl sites for hydroxylation is 1. The van der Waals surface area contributed by atoms with Crippen molar-refractivity contribution in [2.24, 2.45) is 0 Å². The predicted molar refractivity (Wildman–Crippen MR) is 76.7 cm³/mol. The van der Waals surface area contributed by atoms with Gasteiger partial charge in [-0.2, -0.15) is 0 Å². The van der Waals surface area contributed by atoms with Crippen LogP contribution in [0.2, 0.25) is 0 Å². The molecule has 0 aliphatic carbocycles. The minimum absolute atomic E-state index is 0.00590. The average Bonchev–Trinajstić information content (AvgIpc) is 2.40. The lowest BCUT2D eigenvalue weighted by atomic mass is 10.2. The van der Waals surface area contributed by atoms with E-state index in [1.807, 2.05) is 13.8 Å². The number of aromatic nitrogens is 2. The largest absolute Gasteiger partial charge is 0.394 e. The van der Waals surface area contributed by atoms with E-state index < -0.39 is 0 Å². The van der Waals surface area contributed by atoms with E-state index in [1.165, 1.54) is 0 Å². The number of hydrogen-bond acceptors (Lipinski definition) is 6. The highest BCUT2D eigenvalue weighted by Gasteiger charge is 2.13. The van der Waals surface area contributed by atoms with Gasteiger partial charge in [0.25, 0.3) is 0 Å². The van der Waals surface area contributed by atoms with Crippen molar-refractivity contribution in [2.75, 3.05) is 37.5 Å². The van der Waals surface area contributed by atoms with Crippen molar-refractivity contribution in [3.05, 3.63) is 11.4 Å². The zero-order chi connectivity index (χ0) is 14.3. The van der Waals surface area contributed by atoms with E-state index in [4.69, 9.17) is 4.74 Å². The topological polar surface area (TPSA) is 79.3 Å². The van der Waals surface area contributed by atoms with E-state index in [0.717, 1.165) is 30.2 Å². The molecule has 3 N–H and O–H groups in total. The third kappa shape index (κ3) is 4.65. The van der Waals surface area contributed by atoms with Gasteiger partial charge < -0.3 is 20.5 Å². The number of nitrogens with one attached hydrogen (secondary N) is 2. The quantitative estimate of drug-likeness (QED) is 0.660. The maximum absolute atomic E-state index is 9.29. The molecular weight excluding hydrogens is 244 g/mol. The molecule has 0 saturated heterocycles. The lowest BCUT2D eigenvalue weighted by Gasteiger charge is -2.19. The summed E-state index contributed by atoms with van der Waals surface area (Å²) in [4.78, 5) is 8.78. The highest BCUT2D eigenvalue weighted by Crippen LogP contribution is 2.20. The number of aliphatic hydroxyl groups is 1. The highest BCUT2D eigenvalue weighted by atomic mass is 16.5. The molecule has 19 heavy (non-hydrogen) atoms. The molecule has 1 aromatic heterocycles. The summed E-state index contributed by atoms with van der Waals surface area (Å²) >= 11 is 0. The number of hydrogen-bond donors (Lipinski definition) is 3. The molecule has 6 nitrogen and oxygen atoms in total. The van der Waals surface area contributed by atoms with Crippen LogP contribution in [0.15, 0.2) is 0 Å². The van der Waals surface area contributed by atoms with Crippen LogP contribution in [0.4, 0.5) is 11.6 Å². The SMILES string of the molecule is CCCNc1nc(C)nc(NC(CO)COC)c1C. The van der Waals surface area contributed by atoms with E-state index >= 15 is 0 Å². The fourth-order valence-electron chi connectivity index (χ4n) is 1.72. The molecule has 1 atom stereocenters. The van der Waals surface area contributed by atoms with E-state index in [1.54, 1.807) is 7.11 Å². The van der Waals surface area contributed by atoms with Crippen molar-refractivity contribution in [1.82, 2.24) is 9.97 Å². The third-order valence-corrected chi connectivity index (χ3v) is 2.73. The van der Waals surface area contributed by atoms with Gasteiger partial charge >= 0.3 is 0 Å². The van der Waals surface area contributed by atoms with E-state index in [0.29, 0.717) is 12.4 Å². The molecule has 6 heteroatoms. The Morgan fingerprint density at radius 3 is 2.53 bits per heavy atom. The molecule has 1 aromatic rings. The van der Waals surface area contributed by atoms with Gasteiger partial charge in [-0.05, 0) is 20.3 Å². The van der Waals surface area contributed by atoms with Crippen molar-refractivity contribution in [3.63, 3.8) is 0 Å². The van der Waals surface area contributed by atoms with Crippen LogP contribution in [0.5, 0.6) is 0 Å². The second-order valence-electron chi connectivity index (χ2n) is 4.50. The fraction of sp³-hybridized carbons (Fsp3) is 0.692. The average molecular weight is 268 g/mol. The first-order chi connectivity index (χ1) is 9.12. The molecule has 0 amide bonds. The fourth-order valence-corrected chi connectivity index (χ4v) is 1.72. The van der Waals surface area contributed by atoms with Crippen LogP contribution < -0.4 is 10.6 Å². The molecule has 0 aliphatic rings. The molecule has 0 aromatic carbocycles. The molecule has 108 valence electrons. The summed E-state index contributed by atoms with van der Waals surface area (Å²) in [6.07, 6.45) is 1.04. The molecule has 0 aliphatic heterocycles. The Morgan fingerprint density at radius 1 is 1.26 bits per heavy atom. The van der Waals surface area contributed by atoms with Gasteiger partial charge in [-0.3, -0.25) is 0 Å². The zero-order valence-corrected chi connectivity index (χ0v) is 12.2. The van der Waals surface area contributed by atoms with Crippen molar-refractivity contribution in [1.29, 1.82) is 0 Å². The second kappa shape index (κ2) is 7.91. The first kappa shape index (κ1) is 15.7. The lowest BCUT2D eigenvalue weighted by Crippen LogP contribution is -2.30. The predicted octanol–water partition coefficient (Wildman–Crippen LogP) is 1.33. The van der Waals surface area contributed by atoms with Crippen molar-refractivity contribution >= 4 is 11.6 Å². The summed E-state index contributed by atoms with van der Waals surface area (Å²) in [5.41, 5.74) is 0.952. The maximum Gasteiger partial charge on any atom is 0.135 e. The molecule has 1 heterocycles. The number of ether oxygens (including phenoxy) is 1. The van der Waals surface area contributed by atoms with Gasteiger partial charge in [-0.15, -0.1) is 0 Å². The van der Waals surface area contributed by atoms with Gasteiger partial charge in [-0.25, -0.2) is 9.97 Å². The van der Waals surface area contributed by atoms with Crippen LogP contribution in [0, 0.1) is 13.8 Å².